The number of rotatable bonds is 8. The summed E-state index contributed by atoms with van der Waals surface area (Å²) in [6.45, 7) is 11.4. The Kier molecular flexibility index (Phi) is 10.7. The van der Waals surface area contributed by atoms with Crippen molar-refractivity contribution in [3.05, 3.63) is 18.2 Å². The number of likely N-dealkylation sites (tertiary alicyclic amines) is 1. The monoisotopic (exact) mass is 476 g/mol. The molecule has 26 heavy (non-hydrogen) atoms. The fourth-order valence-corrected chi connectivity index (χ4v) is 3.12. The average molecular weight is 476 g/mol. The van der Waals surface area contributed by atoms with Crippen LogP contribution in [-0.4, -0.2) is 50.3 Å². The zero-order chi connectivity index (χ0) is 18.1. The Morgan fingerprint density at radius 3 is 2.77 bits per heavy atom. The van der Waals surface area contributed by atoms with Gasteiger partial charge in [0.15, 0.2) is 5.96 Å². The molecule has 0 radical (unpaired) electrons. The first kappa shape index (κ1) is 22.8. The summed E-state index contributed by atoms with van der Waals surface area (Å²) in [6.07, 6.45) is 2.61. The number of guanidine groups is 1. The molecule has 1 saturated heterocycles. The van der Waals surface area contributed by atoms with Gasteiger partial charge in [-0.3, -0.25) is 4.99 Å². The predicted octanol–water partition coefficient (Wildman–Crippen LogP) is 3.56. The van der Waals surface area contributed by atoms with Crippen LogP contribution in [0.5, 0.6) is 11.5 Å². The van der Waals surface area contributed by atoms with E-state index >= 15 is 0 Å². The van der Waals surface area contributed by atoms with E-state index in [0.29, 0.717) is 25.7 Å². The van der Waals surface area contributed by atoms with E-state index in [9.17, 15) is 0 Å². The summed E-state index contributed by atoms with van der Waals surface area (Å²) < 4.78 is 11.2. The van der Waals surface area contributed by atoms with Crippen molar-refractivity contribution < 1.29 is 9.47 Å². The molecule has 1 aliphatic heterocycles. The van der Waals surface area contributed by atoms with Gasteiger partial charge in [0.2, 0.25) is 0 Å². The van der Waals surface area contributed by atoms with Crippen LogP contribution in [0.3, 0.4) is 0 Å². The van der Waals surface area contributed by atoms with Gasteiger partial charge in [-0.1, -0.05) is 6.92 Å². The number of nitrogens with one attached hydrogen (secondary N) is 1. The van der Waals surface area contributed by atoms with Gasteiger partial charge in [0.05, 0.1) is 25.4 Å². The lowest BCUT2D eigenvalue weighted by Gasteiger charge is -2.30. The van der Waals surface area contributed by atoms with E-state index in [0.717, 1.165) is 42.7 Å². The second kappa shape index (κ2) is 12.2. The SMILES string of the molecule is CCOc1ccc(OCC)c(NC(N)=NCCN2CCCC(C)C2)c1.I. The Morgan fingerprint density at radius 1 is 1.31 bits per heavy atom. The number of nitrogens with two attached hydrogens (primary N) is 1. The summed E-state index contributed by atoms with van der Waals surface area (Å²) in [5, 5.41) is 3.14. The molecule has 0 amide bonds. The molecular weight excluding hydrogens is 443 g/mol. The summed E-state index contributed by atoms with van der Waals surface area (Å²) in [5.74, 6) is 2.71. The number of benzene rings is 1. The molecule has 0 aliphatic carbocycles. The van der Waals surface area contributed by atoms with Crippen LogP contribution in [0.15, 0.2) is 23.2 Å². The molecule has 0 aromatic heterocycles. The van der Waals surface area contributed by atoms with Gasteiger partial charge in [0.25, 0.3) is 0 Å². The minimum Gasteiger partial charge on any atom is -0.494 e. The molecule has 1 atom stereocenters. The second-order valence-corrected chi connectivity index (χ2v) is 6.46. The first-order valence-corrected chi connectivity index (χ1v) is 9.31. The topological polar surface area (TPSA) is 72.1 Å². The second-order valence-electron chi connectivity index (χ2n) is 6.46. The lowest BCUT2D eigenvalue weighted by atomic mass is 10.0. The van der Waals surface area contributed by atoms with Gasteiger partial charge in [-0.15, -0.1) is 24.0 Å². The van der Waals surface area contributed by atoms with Crippen molar-refractivity contribution in [2.45, 2.75) is 33.6 Å². The molecule has 1 fully saturated rings. The van der Waals surface area contributed by atoms with Crippen LogP contribution < -0.4 is 20.5 Å². The quantitative estimate of drug-likeness (QED) is 0.341. The normalized spacial score (nSPS) is 18.1. The third-order valence-electron chi connectivity index (χ3n) is 4.26. The fourth-order valence-electron chi connectivity index (χ4n) is 3.12. The number of halogens is 1. The van der Waals surface area contributed by atoms with Crippen molar-refractivity contribution >= 4 is 35.6 Å². The molecule has 7 heteroatoms. The van der Waals surface area contributed by atoms with Crippen molar-refractivity contribution in [3.8, 4) is 11.5 Å². The van der Waals surface area contributed by atoms with Crippen molar-refractivity contribution in [1.82, 2.24) is 4.90 Å². The third-order valence-corrected chi connectivity index (χ3v) is 4.26. The molecule has 3 N–H and O–H groups in total. The minimum absolute atomic E-state index is 0. The molecule has 1 heterocycles. The summed E-state index contributed by atoms with van der Waals surface area (Å²) in [5.41, 5.74) is 6.84. The zero-order valence-corrected chi connectivity index (χ0v) is 18.5. The summed E-state index contributed by atoms with van der Waals surface area (Å²) in [6, 6.07) is 5.67. The largest absolute Gasteiger partial charge is 0.494 e. The Balaban J connectivity index is 0.00000338. The van der Waals surface area contributed by atoms with Crippen LogP contribution in [0.4, 0.5) is 5.69 Å². The molecule has 148 valence electrons. The van der Waals surface area contributed by atoms with Crippen LogP contribution >= 0.6 is 24.0 Å². The summed E-state index contributed by atoms with van der Waals surface area (Å²) in [7, 11) is 0. The van der Waals surface area contributed by atoms with Crippen LogP contribution in [0, 0.1) is 5.92 Å². The first-order chi connectivity index (χ1) is 12.1. The number of ether oxygens (including phenoxy) is 2. The van der Waals surface area contributed by atoms with Gasteiger partial charge in [-0.05, 0) is 51.3 Å². The van der Waals surface area contributed by atoms with Crippen molar-refractivity contribution in [1.29, 1.82) is 0 Å². The molecule has 0 bridgehead atoms. The van der Waals surface area contributed by atoms with Gasteiger partial charge in [-0.25, -0.2) is 0 Å². The average Bonchev–Trinajstić information content (AvgIpc) is 2.58. The molecule has 1 aliphatic rings. The first-order valence-electron chi connectivity index (χ1n) is 9.31. The maximum absolute atomic E-state index is 6.06. The van der Waals surface area contributed by atoms with E-state index in [-0.39, 0.29) is 24.0 Å². The van der Waals surface area contributed by atoms with Gasteiger partial charge in [0.1, 0.15) is 11.5 Å². The van der Waals surface area contributed by atoms with Crippen LogP contribution in [-0.2, 0) is 0 Å². The third kappa shape index (κ3) is 7.57. The van der Waals surface area contributed by atoms with Gasteiger partial charge < -0.3 is 25.4 Å². The van der Waals surface area contributed by atoms with Crippen LogP contribution in [0.2, 0.25) is 0 Å². The summed E-state index contributed by atoms with van der Waals surface area (Å²) in [4.78, 5) is 6.93. The standard InChI is InChI=1S/C19H32N4O2.HI/c1-4-24-16-8-9-18(25-5-2)17(13-16)22-19(20)21-10-12-23-11-6-7-15(3)14-23;/h8-9,13,15H,4-7,10-12,14H2,1-3H3,(H3,20,21,22);1H. The van der Waals surface area contributed by atoms with Crippen molar-refractivity contribution in [2.75, 3.05) is 44.7 Å². The lowest BCUT2D eigenvalue weighted by molar-refractivity contribution is 0.189. The molecule has 1 unspecified atom stereocenters. The number of hydrogen-bond donors (Lipinski definition) is 2. The van der Waals surface area contributed by atoms with Crippen molar-refractivity contribution in [3.63, 3.8) is 0 Å². The highest BCUT2D eigenvalue weighted by atomic mass is 127. The van der Waals surface area contributed by atoms with Crippen molar-refractivity contribution in [2.24, 2.45) is 16.6 Å². The number of nitrogens with zero attached hydrogens (tertiary/aromatic N) is 2. The highest BCUT2D eigenvalue weighted by molar-refractivity contribution is 14.0. The number of piperidine rings is 1. The highest BCUT2D eigenvalue weighted by Gasteiger charge is 2.15. The van der Waals surface area contributed by atoms with E-state index in [1.165, 1.54) is 12.8 Å². The molecule has 0 spiro atoms. The van der Waals surface area contributed by atoms with Gasteiger partial charge in [0, 0.05) is 19.2 Å². The Hall–Kier alpha value is -1.22. The molecule has 6 nitrogen and oxygen atoms in total. The van der Waals surface area contributed by atoms with E-state index < -0.39 is 0 Å². The molecule has 0 saturated carbocycles. The molecule has 1 aromatic carbocycles. The Labute approximate surface area is 174 Å². The molecule has 2 rings (SSSR count). The van der Waals surface area contributed by atoms with Gasteiger partial charge in [-0.2, -0.15) is 0 Å². The van der Waals surface area contributed by atoms with Gasteiger partial charge >= 0.3 is 0 Å². The maximum Gasteiger partial charge on any atom is 0.193 e. The van der Waals surface area contributed by atoms with E-state index in [4.69, 9.17) is 15.2 Å². The smallest absolute Gasteiger partial charge is 0.193 e. The lowest BCUT2D eigenvalue weighted by Crippen LogP contribution is -2.36. The molecule has 1 aromatic rings. The van der Waals surface area contributed by atoms with E-state index in [1.807, 2.05) is 32.0 Å². The number of anilines is 1. The zero-order valence-electron chi connectivity index (χ0n) is 16.2. The fraction of sp³-hybridized carbons (Fsp3) is 0.632. The van der Waals surface area contributed by atoms with E-state index in [2.05, 4.69) is 22.1 Å². The molecular formula is C19H33IN4O2. The maximum atomic E-state index is 6.06. The highest BCUT2D eigenvalue weighted by Crippen LogP contribution is 2.29. The minimum atomic E-state index is 0. The van der Waals surface area contributed by atoms with Crippen LogP contribution in [0.25, 0.3) is 0 Å². The summed E-state index contributed by atoms with van der Waals surface area (Å²) >= 11 is 0. The van der Waals surface area contributed by atoms with E-state index in [1.54, 1.807) is 0 Å². The van der Waals surface area contributed by atoms with Crippen LogP contribution in [0.1, 0.15) is 33.6 Å². The predicted molar refractivity (Wildman–Crippen MR) is 119 cm³/mol. The Bertz CT molecular complexity index is 568. The number of hydrogen-bond acceptors (Lipinski definition) is 4. The number of aliphatic imine (C=N–C) groups is 1. The Morgan fingerprint density at radius 2 is 2.08 bits per heavy atom.